The number of aryl methyl sites for hydroxylation is 1. The number of carbonyl (C=O) groups is 2. The van der Waals surface area contributed by atoms with Crippen LogP contribution in [0.1, 0.15) is 5.69 Å². The van der Waals surface area contributed by atoms with Gasteiger partial charge in [-0.15, -0.1) is 0 Å². The monoisotopic (exact) mass is 421 g/mol. The van der Waals surface area contributed by atoms with E-state index in [-0.39, 0.29) is 0 Å². The van der Waals surface area contributed by atoms with E-state index in [4.69, 9.17) is 37.5 Å². The van der Waals surface area contributed by atoms with E-state index in [1.165, 1.54) is 7.11 Å². The molecular formula is C14H14BrCl2N3O3. The number of aromatic nitrogens is 2. The summed E-state index contributed by atoms with van der Waals surface area (Å²) in [6.07, 6.45) is 0. The highest BCUT2D eigenvalue weighted by molar-refractivity contribution is 9.10. The minimum absolute atomic E-state index is 0.369. The maximum absolute atomic E-state index is 8.00. The maximum Gasteiger partial charge on any atom is 0.258 e. The third kappa shape index (κ3) is 5.78. The number of nitrogens with zero attached hydrogens (tertiary/aromatic N) is 2. The first-order valence-corrected chi connectivity index (χ1v) is 7.44. The van der Waals surface area contributed by atoms with Gasteiger partial charge >= 0.3 is 0 Å². The van der Waals surface area contributed by atoms with Crippen molar-refractivity contribution in [2.75, 3.05) is 12.4 Å². The molecule has 0 fully saturated rings. The molecule has 0 saturated carbocycles. The van der Waals surface area contributed by atoms with E-state index in [9.17, 15) is 0 Å². The van der Waals surface area contributed by atoms with E-state index in [0.29, 0.717) is 32.0 Å². The van der Waals surface area contributed by atoms with Crippen LogP contribution in [0.15, 0.2) is 22.8 Å². The Morgan fingerprint density at radius 3 is 2.35 bits per heavy atom. The maximum atomic E-state index is 8.00. The standard InChI is InChI=1S/C12H10BrCl2N3O.2CH2O/c1-6-10(13)18-12(19-2)11(16-6)17-8-5-3-4-7(14)9(8)15;2*1-2/h3-5H,1-2H3,(H,16,17);2*1H2. The molecule has 1 aromatic heterocycles. The number of benzene rings is 1. The Kier molecular flexibility index (Phi) is 10.1. The molecule has 0 aliphatic carbocycles. The number of anilines is 2. The van der Waals surface area contributed by atoms with Crippen molar-refractivity contribution in [2.24, 2.45) is 0 Å². The number of halogens is 3. The van der Waals surface area contributed by atoms with Crippen LogP contribution in [-0.2, 0) is 9.59 Å². The van der Waals surface area contributed by atoms with Crippen LogP contribution in [0.5, 0.6) is 5.88 Å². The highest BCUT2D eigenvalue weighted by atomic mass is 79.9. The molecule has 0 atom stereocenters. The van der Waals surface area contributed by atoms with Crippen LogP contribution in [0.25, 0.3) is 0 Å². The number of carbonyl (C=O) groups excluding carboxylic acids is 2. The molecule has 2 rings (SSSR count). The van der Waals surface area contributed by atoms with Gasteiger partial charge < -0.3 is 19.6 Å². The van der Waals surface area contributed by atoms with Gasteiger partial charge in [-0.1, -0.05) is 29.3 Å². The second-order valence-electron chi connectivity index (χ2n) is 3.68. The fourth-order valence-corrected chi connectivity index (χ4v) is 2.03. The molecule has 124 valence electrons. The number of nitrogens with one attached hydrogen (secondary N) is 1. The Balaban J connectivity index is 0.00000112. The molecule has 0 saturated heterocycles. The lowest BCUT2D eigenvalue weighted by atomic mass is 10.3. The molecule has 23 heavy (non-hydrogen) atoms. The average molecular weight is 423 g/mol. The van der Waals surface area contributed by atoms with Crippen LogP contribution in [0.2, 0.25) is 10.0 Å². The number of rotatable bonds is 3. The molecule has 0 aliphatic rings. The van der Waals surface area contributed by atoms with Crippen molar-refractivity contribution in [3.63, 3.8) is 0 Å². The molecule has 9 heteroatoms. The Bertz CT molecular complexity index is 657. The van der Waals surface area contributed by atoms with E-state index >= 15 is 0 Å². The van der Waals surface area contributed by atoms with Gasteiger partial charge in [0.25, 0.3) is 5.88 Å². The molecule has 1 heterocycles. The molecular weight excluding hydrogens is 409 g/mol. The van der Waals surface area contributed by atoms with Gasteiger partial charge in [0.05, 0.1) is 28.5 Å². The van der Waals surface area contributed by atoms with Crippen LogP contribution >= 0.6 is 39.1 Å². The highest BCUT2D eigenvalue weighted by Gasteiger charge is 2.12. The second-order valence-corrected chi connectivity index (χ2v) is 5.22. The van der Waals surface area contributed by atoms with Crippen molar-refractivity contribution >= 4 is 64.2 Å². The van der Waals surface area contributed by atoms with Gasteiger partial charge in [0.15, 0.2) is 5.82 Å². The first-order chi connectivity index (χ1) is 11.0. The van der Waals surface area contributed by atoms with Crippen LogP contribution in [0, 0.1) is 6.92 Å². The van der Waals surface area contributed by atoms with Gasteiger partial charge in [-0.3, -0.25) is 0 Å². The molecule has 0 unspecified atom stereocenters. The summed E-state index contributed by atoms with van der Waals surface area (Å²) in [5.41, 5.74) is 1.38. The summed E-state index contributed by atoms with van der Waals surface area (Å²) in [4.78, 5) is 24.6. The van der Waals surface area contributed by atoms with Crippen molar-refractivity contribution in [3.05, 3.63) is 38.5 Å². The number of hydrogen-bond donors (Lipinski definition) is 1. The third-order valence-corrected chi connectivity index (χ3v) is 3.95. The zero-order chi connectivity index (χ0) is 18.0. The average Bonchev–Trinajstić information content (AvgIpc) is 2.58. The Morgan fingerprint density at radius 1 is 1.17 bits per heavy atom. The summed E-state index contributed by atoms with van der Waals surface area (Å²) in [6.45, 7) is 5.83. The van der Waals surface area contributed by atoms with E-state index in [1.54, 1.807) is 18.2 Å². The predicted octanol–water partition coefficient (Wildman–Crippen LogP) is 4.24. The van der Waals surface area contributed by atoms with E-state index in [1.807, 2.05) is 20.5 Å². The van der Waals surface area contributed by atoms with Crippen molar-refractivity contribution in [2.45, 2.75) is 6.92 Å². The molecule has 1 aromatic carbocycles. The van der Waals surface area contributed by atoms with Gasteiger partial charge in [-0.2, -0.15) is 0 Å². The van der Waals surface area contributed by atoms with Gasteiger partial charge in [0, 0.05) is 0 Å². The topological polar surface area (TPSA) is 81.2 Å². The second kappa shape index (κ2) is 10.9. The minimum atomic E-state index is 0.369. The molecule has 0 spiro atoms. The fraction of sp³-hybridized carbons (Fsp3) is 0.143. The normalized spacial score (nSPS) is 8.91. The Hall–Kier alpha value is -1.70. The summed E-state index contributed by atoms with van der Waals surface area (Å²) in [5, 5.41) is 3.95. The SMILES string of the molecule is C=O.C=O.COc1nc(Br)c(C)nc1Nc1cccc(Cl)c1Cl. The summed E-state index contributed by atoms with van der Waals surface area (Å²) in [7, 11) is 1.52. The van der Waals surface area contributed by atoms with Crippen LogP contribution < -0.4 is 10.1 Å². The lowest BCUT2D eigenvalue weighted by Gasteiger charge is -2.12. The van der Waals surface area contributed by atoms with Crippen molar-refractivity contribution in [3.8, 4) is 5.88 Å². The van der Waals surface area contributed by atoms with Crippen LogP contribution in [0.3, 0.4) is 0 Å². The first kappa shape index (κ1) is 21.3. The molecule has 0 radical (unpaired) electrons. The van der Waals surface area contributed by atoms with Gasteiger partial charge in [-0.25, -0.2) is 9.97 Å². The largest absolute Gasteiger partial charge is 0.478 e. The van der Waals surface area contributed by atoms with E-state index in [0.717, 1.165) is 5.69 Å². The molecule has 6 nitrogen and oxygen atoms in total. The quantitative estimate of drug-likeness (QED) is 0.796. The predicted molar refractivity (Wildman–Crippen MR) is 95.0 cm³/mol. The smallest absolute Gasteiger partial charge is 0.258 e. The Morgan fingerprint density at radius 2 is 1.78 bits per heavy atom. The minimum Gasteiger partial charge on any atom is -0.478 e. The van der Waals surface area contributed by atoms with Crippen molar-refractivity contribution < 1.29 is 14.3 Å². The summed E-state index contributed by atoms with van der Waals surface area (Å²) < 4.78 is 5.81. The molecule has 2 aromatic rings. The number of hydrogen-bond acceptors (Lipinski definition) is 6. The molecule has 1 N–H and O–H groups in total. The zero-order valence-electron chi connectivity index (χ0n) is 12.4. The summed E-state index contributed by atoms with van der Waals surface area (Å²) in [5.74, 6) is 0.848. The first-order valence-electron chi connectivity index (χ1n) is 5.90. The number of ether oxygens (including phenoxy) is 1. The third-order valence-electron chi connectivity index (χ3n) is 2.38. The van der Waals surface area contributed by atoms with Gasteiger partial charge in [-0.05, 0) is 35.0 Å². The lowest BCUT2D eigenvalue weighted by molar-refractivity contribution is -0.0987. The van der Waals surface area contributed by atoms with E-state index in [2.05, 4.69) is 31.2 Å². The number of methoxy groups -OCH3 is 1. The summed E-state index contributed by atoms with van der Waals surface area (Å²) in [6, 6.07) is 5.31. The fourth-order valence-electron chi connectivity index (χ4n) is 1.44. The highest BCUT2D eigenvalue weighted by Crippen LogP contribution is 2.33. The van der Waals surface area contributed by atoms with Crippen LogP contribution in [-0.4, -0.2) is 30.7 Å². The summed E-state index contributed by atoms with van der Waals surface area (Å²) >= 11 is 15.4. The molecule has 0 amide bonds. The molecule has 0 aliphatic heterocycles. The van der Waals surface area contributed by atoms with Crippen molar-refractivity contribution in [1.82, 2.24) is 9.97 Å². The van der Waals surface area contributed by atoms with Gasteiger partial charge in [0.1, 0.15) is 18.2 Å². The zero-order valence-corrected chi connectivity index (χ0v) is 15.5. The van der Waals surface area contributed by atoms with Crippen molar-refractivity contribution in [1.29, 1.82) is 0 Å². The van der Waals surface area contributed by atoms with Crippen LogP contribution in [0.4, 0.5) is 11.5 Å². The van der Waals surface area contributed by atoms with Gasteiger partial charge in [0.2, 0.25) is 0 Å². The molecule has 0 bridgehead atoms. The van der Waals surface area contributed by atoms with E-state index < -0.39 is 0 Å². The Labute approximate surface area is 152 Å². The lowest BCUT2D eigenvalue weighted by Crippen LogP contribution is -2.02.